The number of ether oxygens (including phenoxy) is 1. The van der Waals surface area contributed by atoms with E-state index < -0.39 is 23.1 Å². The largest absolute Gasteiger partial charge is 0.491 e. The number of hydrogen-bond donors (Lipinski definition) is 1. The summed E-state index contributed by atoms with van der Waals surface area (Å²) in [4.78, 5) is 11.3. The first kappa shape index (κ1) is 14.5. The smallest absolute Gasteiger partial charge is 0.311 e. The molecule has 0 aliphatic carbocycles. The van der Waals surface area contributed by atoms with Gasteiger partial charge in [0.05, 0.1) is 12.5 Å². The van der Waals surface area contributed by atoms with Crippen LogP contribution in [-0.2, 0) is 4.79 Å². The summed E-state index contributed by atoms with van der Waals surface area (Å²) in [5.41, 5.74) is -0.0262. The fourth-order valence-electron chi connectivity index (χ4n) is 1.98. The molecule has 0 fully saturated rings. The standard InChI is InChI=1S/C14H19FO3/c1-5-18-11-7-6-9(8-10(11)15)12(13(16)17)14(2,3)4/h6-8,12H,5H2,1-4H3,(H,16,17). The van der Waals surface area contributed by atoms with Crippen LogP contribution in [0.3, 0.4) is 0 Å². The average molecular weight is 254 g/mol. The van der Waals surface area contributed by atoms with E-state index in [0.29, 0.717) is 12.2 Å². The van der Waals surface area contributed by atoms with E-state index in [2.05, 4.69) is 0 Å². The number of hydrogen-bond acceptors (Lipinski definition) is 2. The molecule has 18 heavy (non-hydrogen) atoms. The third-order valence-corrected chi connectivity index (χ3v) is 2.70. The molecule has 0 saturated carbocycles. The molecule has 1 atom stereocenters. The summed E-state index contributed by atoms with van der Waals surface area (Å²) in [5, 5.41) is 9.27. The van der Waals surface area contributed by atoms with Crippen molar-refractivity contribution in [1.82, 2.24) is 0 Å². The van der Waals surface area contributed by atoms with Gasteiger partial charge in [-0.2, -0.15) is 0 Å². The summed E-state index contributed by atoms with van der Waals surface area (Å²) in [6, 6.07) is 4.34. The number of benzene rings is 1. The van der Waals surface area contributed by atoms with Crippen LogP contribution in [0.2, 0.25) is 0 Å². The van der Waals surface area contributed by atoms with Crippen molar-refractivity contribution in [2.75, 3.05) is 6.61 Å². The van der Waals surface area contributed by atoms with Crippen LogP contribution in [0.1, 0.15) is 39.2 Å². The second kappa shape index (κ2) is 5.38. The normalized spacial score (nSPS) is 13.2. The molecule has 0 amide bonds. The summed E-state index contributed by atoms with van der Waals surface area (Å²) in [6.45, 7) is 7.60. The van der Waals surface area contributed by atoms with Crippen LogP contribution in [-0.4, -0.2) is 17.7 Å². The van der Waals surface area contributed by atoms with Crippen molar-refractivity contribution in [3.8, 4) is 5.75 Å². The van der Waals surface area contributed by atoms with E-state index in [0.717, 1.165) is 0 Å². The molecule has 1 aromatic rings. The molecule has 0 bridgehead atoms. The summed E-state index contributed by atoms with van der Waals surface area (Å²) in [5.74, 6) is -2.07. The van der Waals surface area contributed by atoms with Gasteiger partial charge < -0.3 is 9.84 Å². The highest BCUT2D eigenvalue weighted by Gasteiger charge is 2.33. The van der Waals surface area contributed by atoms with Crippen molar-refractivity contribution in [2.24, 2.45) is 5.41 Å². The molecular formula is C14H19FO3. The molecule has 3 nitrogen and oxygen atoms in total. The second-order valence-electron chi connectivity index (χ2n) is 5.26. The summed E-state index contributed by atoms with van der Waals surface area (Å²) in [7, 11) is 0. The highest BCUT2D eigenvalue weighted by molar-refractivity contribution is 5.77. The first-order chi connectivity index (χ1) is 8.27. The number of aliphatic carboxylic acids is 1. The molecule has 100 valence electrons. The predicted octanol–water partition coefficient (Wildman–Crippen LogP) is 3.44. The number of rotatable bonds is 4. The molecule has 0 aromatic heterocycles. The molecule has 1 aromatic carbocycles. The van der Waals surface area contributed by atoms with Crippen molar-refractivity contribution in [3.63, 3.8) is 0 Å². The number of halogens is 1. The Balaban J connectivity index is 3.16. The van der Waals surface area contributed by atoms with E-state index >= 15 is 0 Å². The molecule has 1 unspecified atom stereocenters. The number of carboxylic acid groups (broad SMARTS) is 1. The lowest BCUT2D eigenvalue weighted by molar-refractivity contribution is -0.141. The molecule has 0 spiro atoms. The first-order valence-corrected chi connectivity index (χ1v) is 5.92. The molecule has 0 radical (unpaired) electrons. The average Bonchev–Trinajstić information content (AvgIpc) is 2.19. The van der Waals surface area contributed by atoms with Gasteiger partial charge in [0.1, 0.15) is 0 Å². The van der Waals surface area contributed by atoms with E-state index in [9.17, 15) is 14.3 Å². The van der Waals surface area contributed by atoms with Gasteiger partial charge in [0.15, 0.2) is 11.6 Å². The van der Waals surface area contributed by atoms with Gasteiger partial charge in [0.25, 0.3) is 0 Å². The van der Waals surface area contributed by atoms with Crippen LogP contribution < -0.4 is 4.74 Å². The van der Waals surface area contributed by atoms with Crippen molar-refractivity contribution < 1.29 is 19.0 Å². The second-order valence-corrected chi connectivity index (χ2v) is 5.26. The monoisotopic (exact) mass is 254 g/mol. The Labute approximate surface area is 107 Å². The summed E-state index contributed by atoms with van der Waals surface area (Å²) in [6.07, 6.45) is 0. The fraction of sp³-hybridized carbons (Fsp3) is 0.500. The van der Waals surface area contributed by atoms with Crippen molar-refractivity contribution in [2.45, 2.75) is 33.6 Å². The Morgan fingerprint density at radius 2 is 2.06 bits per heavy atom. The minimum absolute atomic E-state index is 0.152. The van der Waals surface area contributed by atoms with Gasteiger partial charge in [-0.1, -0.05) is 26.8 Å². The Morgan fingerprint density at radius 3 is 2.44 bits per heavy atom. The van der Waals surface area contributed by atoms with E-state index in [-0.39, 0.29) is 5.75 Å². The van der Waals surface area contributed by atoms with Gasteiger partial charge in [0, 0.05) is 0 Å². The topological polar surface area (TPSA) is 46.5 Å². The van der Waals surface area contributed by atoms with E-state index in [1.807, 2.05) is 20.8 Å². The molecule has 0 aliphatic rings. The van der Waals surface area contributed by atoms with Crippen LogP contribution in [0.15, 0.2) is 18.2 Å². The predicted molar refractivity (Wildman–Crippen MR) is 67.4 cm³/mol. The maximum Gasteiger partial charge on any atom is 0.311 e. The molecule has 0 aliphatic heterocycles. The molecule has 1 rings (SSSR count). The fourth-order valence-corrected chi connectivity index (χ4v) is 1.98. The van der Waals surface area contributed by atoms with Crippen molar-refractivity contribution >= 4 is 5.97 Å². The van der Waals surface area contributed by atoms with Crippen molar-refractivity contribution in [3.05, 3.63) is 29.6 Å². The zero-order valence-electron chi connectivity index (χ0n) is 11.2. The molecule has 0 heterocycles. The van der Waals surface area contributed by atoms with Gasteiger partial charge in [-0.3, -0.25) is 4.79 Å². The molecule has 1 N–H and O–H groups in total. The third kappa shape index (κ3) is 3.22. The molecule has 0 saturated heterocycles. The minimum atomic E-state index is -0.953. The van der Waals surface area contributed by atoms with E-state index in [1.54, 1.807) is 13.0 Å². The van der Waals surface area contributed by atoms with Crippen LogP contribution in [0, 0.1) is 11.2 Å². The van der Waals surface area contributed by atoms with Gasteiger partial charge in [-0.05, 0) is 30.0 Å². The lowest BCUT2D eigenvalue weighted by Gasteiger charge is -2.27. The minimum Gasteiger partial charge on any atom is -0.491 e. The quantitative estimate of drug-likeness (QED) is 0.895. The highest BCUT2D eigenvalue weighted by atomic mass is 19.1. The Bertz CT molecular complexity index is 435. The zero-order chi connectivity index (χ0) is 13.9. The zero-order valence-corrected chi connectivity index (χ0v) is 11.2. The highest BCUT2D eigenvalue weighted by Crippen LogP contribution is 2.36. The lowest BCUT2D eigenvalue weighted by Crippen LogP contribution is -2.26. The third-order valence-electron chi connectivity index (χ3n) is 2.70. The maximum atomic E-state index is 13.7. The SMILES string of the molecule is CCOc1ccc(C(C(=O)O)C(C)(C)C)cc1F. The first-order valence-electron chi connectivity index (χ1n) is 5.92. The Kier molecular flexibility index (Phi) is 4.33. The van der Waals surface area contributed by atoms with Crippen LogP contribution in [0.25, 0.3) is 0 Å². The number of carbonyl (C=O) groups is 1. The van der Waals surface area contributed by atoms with Crippen LogP contribution in [0.4, 0.5) is 4.39 Å². The van der Waals surface area contributed by atoms with Gasteiger partial charge >= 0.3 is 5.97 Å². The van der Waals surface area contributed by atoms with Gasteiger partial charge in [-0.25, -0.2) is 4.39 Å². The van der Waals surface area contributed by atoms with E-state index in [4.69, 9.17) is 4.74 Å². The van der Waals surface area contributed by atoms with Crippen molar-refractivity contribution in [1.29, 1.82) is 0 Å². The Hall–Kier alpha value is -1.58. The van der Waals surface area contributed by atoms with Gasteiger partial charge in [0.2, 0.25) is 0 Å². The van der Waals surface area contributed by atoms with Crippen LogP contribution in [0.5, 0.6) is 5.75 Å². The molecule has 4 heteroatoms. The van der Waals surface area contributed by atoms with E-state index in [1.165, 1.54) is 12.1 Å². The maximum absolute atomic E-state index is 13.7. The number of carboxylic acids is 1. The Morgan fingerprint density at radius 1 is 1.44 bits per heavy atom. The summed E-state index contributed by atoms with van der Waals surface area (Å²) >= 11 is 0. The van der Waals surface area contributed by atoms with Gasteiger partial charge in [-0.15, -0.1) is 0 Å². The molecular weight excluding hydrogens is 235 g/mol. The lowest BCUT2D eigenvalue weighted by atomic mass is 9.76. The van der Waals surface area contributed by atoms with Crippen LogP contribution >= 0.6 is 0 Å². The summed E-state index contributed by atoms with van der Waals surface area (Å²) < 4.78 is 18.8.